The Morgan fingerprint density at radius 2 is 2.06 bits per heavy atom. The van der Waals surface area contributed by atoms with E-state index in [0.717, 1.165) is 5.57 Å². The van der Waals surface area contributed by atoms with Crippen LogP contribution in [0.15, 0.2) is 36.5 Å². The zero-order chi connectivity index (χ0) is 12.8. The molecule has 0 aliphatic carbocycles. The molecule has 0 saturated carbocycles. The molecule has 3 heteroatoms. The summed E-state index contributed by atoms with van der Waals surface area (Å²) in [6.07, 6.45) is 7.02. The van der Waals surface area contributed by atoms with Crippen LogP contribution in [0, 0.1) is 0 Å². The molecule has 0 saturated heterocycles. The second-order valence-corrected chi connectivity index (χ2v) is 4.14. The quantitative estimate of drug-likeness (QED) is 0.705. The molecule has 0 spiro atoms. The van der Waals surface area contributed by atoms with Crippen molar-refractivity contribution in [1.82, 2.24) is 0 Å². The van der Waals surface area contributed by atoms with E-state index in [0.29, 0.717) is 0 Å². The number of hydrogen-bond acceptors (Lipinski definition) is 2. The van der Waals surface area contributed by atoms with Gasteiger partial charge in [-0.2, -0.15) is 0 Å². The molecule has 3 nitrogen and oxygen atoms in total. The van der Waals surface area contributed by atoms with Crippen molar-refractivity contribution in [3.8, 4) is 0 Å². The van der Waals surface area contributed by atoms with E-state index < -0.39 is 11.6 Å². The Labute approximate surface area is 97.1 Å². The Kier molecular flexibility index (Phi) is 5.75. The van der Waals surface area contributed by atoms with Gasteiger partial charge in [-0.25, -0.2) is 4.79 Å². The van der Waals surface area contributed by atoms with Crippen molar-refractivity contribution in [3.05, 3.63) is 36.5 Å². The van der Waals surface area contributed by atoms with Gasteiger partial charge in [-0.05, 0) is 27.7 Å². The van der Waals surface area contributed by atoms with Gasteiger partial charge in [0.25, 0.3) is 0 Å². The van der Waals surface area contributed by atoms with E-state index in [1.54, 1.807) is 6.08 Å². The predicted octanol–water partition coefficient (Wildman–Crippen LogP) is 2.94. The number of carbonyl (C=O) groups is 1. The molecule has 0 aliphatic rings. The third-order valence-corrected chi connectivity index (χ3v) is 2.01. The van der Waals surface area contributed by atoms with Crippen molar-refractivity contribution < 1.29 is 14.6 Å². The SMILES string of the molecule is C=C/C=C(C)\C=C/C(C)OC(C)(C)C(=O)O. The van der Waals surface area contributed by atoms with Crippen LogP contribution in [0.4, 0.5) is 0 Å². The van der Waals surface area contributed by atoms with Crippen LogP contribution in [0.2, 0.25) is 0 Å². The third-order valence-electron chi connectivity index (χ3n) is 2.01. The zero-order valence-electron chi connectivity index (χ0n) is 10.4. The first-order valence-electron chi connectivity index (χ1n) is 5.18. The Morgan fingerprint density at radius 3 is 2.50 bits per heavy atom. The highest BCUT2D eigenvalue weighted by Crippen LogP contribution is 2.13. The average molecular weight is 224 g/mol. The maximum absolute atomic E-state index is 10.8. The van der Waals surface area contributed by atoms with Crippen LogP contribution >= 0.6 is 0 Å². The fraction of sp³-hybridized carbons (Fsp3) is 0.462. The molecule has 90 valence electrons. The highest BCUT2D eigenvalue weighted by molar-refractivity contribution is 5.76. The molecule has 0 radical (unpaired) electrons. The fourth-order valence-electron chi connectivity index (χ4n) is 1.08. The van der Waals surface area contributed by atoms with Crippen LogP contribution < -0.4 is 0 Å². The maximum atomic E-state index is 10.8. The third kappa shape index (κ3) is 5.51. The Bertz CT molecular complexity index is 311. The van der Waals surface area contributed by atoms with Gasteiger partial charge in [-0.3, -0.25) is 0 Å². The second-order valence-electron chi connectivity index (χ2n) is 4.14. The van der Waals surface area contributed by atoms with Gasteiger partial charge in [-0.1, -0.05) is 36.5 Å². The first kappa shape index (κ1) is 14.6. The monoisotopic (exact) mass is 224 g/mol. The largest absolute Gasteiger partial charge is 0.479 e. The molecule has 1 atom stereocenters. The molecule has 1 N–H and O–H groups in total. The predicted molar refractivity (Wildman–Crippen MR) is 65.4 cm³/mol. The minimum absolute atomic E-state index is 0.251. The van der Waals surface area contributed by atoms with Crippen molar-refractivity contribution in [2.75, 3.05) is 0 Å². The van der Waals surface area contributed by atoms with E-state index in [2.05, 4.69) is 6.58 Å². The van der Waals surface area contributed by atoms with Crippen LogP contribution in [-0.2, 0) is 9.53 Å². The van der Waals surface area contributed by atoms with Crippen molar-refractivity contribution in [2.45, 2.75) is 39.4 Å². The smallest absolute Gasteiger partial charge is 0.335 e. The molecule has 0 fully saturated rings. The number of allylic oxidation sites excluding steroid dienone is 4. The lowest BCUT2D eigenvalue weighted by atomic mass is 10.1. The summed E-state index contributed by atoms with van der Waals surface area (Å²) in [5.41, 5.74) is -0.126. The van der Waals surface area contributed by atoms with E-state index in [1.165, 1.54) is 13.8 Å². The topological polar surface area (TPSA) is 46.5 Å². The summed E-state index contributed by atoms with van der Waals surface area (Å²) in [5, 5.41) is 8.88. The molecule has 0 bridgehead atoms. The van der Waals surface area contributed by atoms with Crippen LogP contribution in [-0.4, -0.2) is 22.8 Å². The highest BCUT2D eigenvalue weighted by atomic mass is 16.5. The lowest BCUT2D eigenvalue weighted by Gasteiger charge is -2.23. The summed E-state index contributed by atoms with van der Waals surface area (Å²) in [5.74, 6) is -0.967. The molecule has 0 aromatic carbocycles. The van der Waals surface area contributed by atoms with Gasteiger partial charge in [0, 0.05) is 0 Å². The summed E-state index contributed by atoms with van der Waals surface area (Å²) < 4.78 is 5.39. The minimum Gasteiger partial charge on any atom is -0.479 e. The summed E-state index contributed by atoms with van der Waals surface area (Å²) >= 11 is 0. The van der Waals surface area contributed by atoms with Gasteiger partial charge >= 0.3 is 5.97 Å². The molecule has 0 heterocycles. The van der Waals surface area contributed by atoms with Gasteiger partial charge in [0.2, 0.25) is 0 Å². The van der Waals surface area contributed by atoms with E-state index in [1.807, 2.05) is 32.1 Å². The van der Waals surface area contributed by atoms with Crippen LogP contribution in [0.5, 0.6) is 0 Å². The van der Waals surface area contributed by atoms with Crippen molar-refractivity contribution in [3.63, 3.8) is 0 Å². The summed E-state index contributed by atoms with van der Waals surface area (Å²) in [4.78, 5) is 10.8. The minimum atomic E-state index is -1.17. The van der Waals surface area contributed by atoms with E-state index >= 15 is 0 Å². The van der Waals surface area contributed by atoms with E-state index in [-0.39, 0.29) is 6.10 Å². The first-order valence-corrected chi connectivity index (χ1v) is 5.18. The van der Waals surface area contributed by atoms with Gasteiger partial charge < -0.3 is 9.84 Å². The van der Waals surface area contributed by atoms with Gasteiger partial charge in [0.1, 0.15) is 0 Å². The van der Waals surface area contributed by atoms with E-state index in [9.17, 15) is 4.79 Å². The highest BCUT2D eigenvalue weighted by Gasteiger charge is 2.29. The van der Waals surface area contributed by atoms with Crippen molar-refractivity contribution in [1.29, 1.82) is 0 Å². The molecule has 0 aliphatic heterocycles. The lowest BCUT2D eigenvalue weighted by molar-refractivity contribution is -0.164. The molecule has 0 rings (SSSR count). The van der Waals surface area contributed by atoms with Crippen molar-refractivity contribution in [2.24, 2.45) is 0 Å². The molecule has 1 unspecified atom stereocenters. The number of ether oxygens (including phenoxy) is 1. The molecule has 0 amide bonds. The Morgan fingerprint density at radius 1 is 1.50 bits per heavy atom. The molecule has 16 heavy (non-hydrogen) atoms. The van der Waals surface area contributed by atoms with Crippen LogP contribution in [0.25, 0.3) is 0 Å². The summed E-state index contributed by atoms with van der Waals surface area (Å²) in [7, 11) is 0. The van der Waals surface area contributed by atoms with Crippen molar-refractivity contribution >= 4 is 5.97 Å². The number of carboxylic acid groups (broad SMARTS) is 1. The molecular formula is C13H20O3. The lowest BCUT2D eigenvalue weighted by Crippen LogP contribution is -2.37. The van der Waals surface area contributed by atoms with Crippen LogP contribution in [0.3, 0.4) is 0 Å². The molecule has 0 aromatic rings. The Hall–Kier alpha value is -1.35. The number of hydrogen-bond donors (Lipinski definition) is 1. The second kappa shape index (κ2) is 6.28. The molecular weight excluding hydrogens is 204 g/mol. The zero-order valence-corrected chi connectivity index (χ0v) is 10.4. The number of aliphatic carboxylic acids is 1. The molecule has 0 aromatic heterocycles. The van der Waals surface area contributed by atoms with E-state index in [4.69, 9.17) is 9.84 Å². The fourth-order valence-corrected chi connectivity index (χ4v) is 1.08. The summed E-state index contributed by atoms with van der Waals surface area (Å²) in [6, 6.07) is 0. The Balaban J connectivity index is 4.39. The number of rotatable bonds is 6. The van der Waals surface area contributed by atoms with Gasteiger partial charge in [0.15, 0.2) is 5.60 Å². The normalized spacial score (nSPS) is 15.1. The number of carboxylic acids is 1. The summed E-state index contributed by atoms with van der Waals surface area (Å²) in [6.45, 7) is 10.4. The standard InChI is InChI=1S/C13H20O3/c1-6-7-10(2)8-9-11(3)16-13(4,5)12(14)15/h6-9,11H,1H2,2-5H3,(H,14,15)/b9-8-,10-7-. The van der Waals surface area contributed by atoms with Gasteiger partial charge in [-0.15, -0.1) is 0 Å². The maximum Gasteiger partial charge on any atom is 0.335 e. The van der Waals surface area contributed by atoms with Crippen LogP contribution in [0.1, 0.15) is 27.7 Å². The van der Waals surface area contributed by atoms with Gasteiger partial charge in [0.05, 0.1) is 6.10 Å². The average Bonchev–Trinajstić information content (AvgIpc) is 2.14. The first-order chi connectivity index (χ1) is 7.29.